The Hall–Kier alpha value is -4.40. The van der Waals surface area contributed by atoms with Crippen LogP contribution in [0, 0.1) is 0 Å². The highest BCUT2D eigenvalue weighted by Crippen LogP contribution is 2.45. The maximum absolute atomic E-state index is 13.9. The van der Waals surface area contributed by atoms with E-state index in [9.17, 15) is 9.59 Å². The molecule has 2 aliphatic rings. The predicted octanol–water partition coefficient (Wildman–Crippen LogP) is 7.13. The molecule has 0 radical (unpaired) electrons. The van der Waals surface area contributed by atoms with Crippen LogP contribution in [0.1, 0.15) is 0 Å². The third-order valence-electron chi connectivity index (χ3n) is 5.76. The lowest BCUT2D eigenvalue weighted by molar-refractivity contribution is -0.115. The highest BCUT2D eigenvalue weighted by Gasteiger charge is 2.44. The van der Waals surface area contributed by atoms with E-state index in [1.807, 2.05) is 121 Å². The van der Waals surface area contributed by atoms with Gasteiger partial charge in [0, 0.05) is 0 Å². The normalized spacial score (nSPS) is 19.7. The zero-order valence-corrected chi connectivity index (χ0v) is 21.6. The van der Waals surface area contributed by atoms with Crippen LogP contribution in [0.4, 0.5) is 22.7 Å². The van der Waals surface area contributed by atoms with E-state index in [0.717, 1.165) is 11.4 Å². The van der Waals surface area contributed by atoms with E-state index in [1.165, 1.54) is 23.5 Å². The van der Waals surface area contributed by atoms with E-state index >= 15 is 0 Å². The Labute approximate surface area is 228 Å². The van der Waals surface area contributed by atoms with Gasteiger partial charge in [0.1, 0.15) is 9.81 Å². The smallest absolute Gasteiger partial charge is 0.268 e. The predicted molar refractivity (Wildman–Crippen MR) is 157 cm³/mol. The number of amides is 2. The lowest BCUT2D eigenvalue weighted by atomic mass is 10.2. The van der Waals surface area contributed by atoms with Crippen LogP contribution in [-0.2, 0) is 9.59 Å². The molecule has 2 heterocycles. The van der Waals surface area contributed by atoms with E-state index in [-0.39, 0.29) is 11.8 Å². The van der Waals surface area contributed by atoms with Crippen molar-refractivity contribution >= 4 is 68.4 Å². The summed E-state index contributed by atoms with van der Waals surface area (Å²) in [4.78, 5) is 41.1. The van der Waals surface area contributed by atoms with Crippen molar-refractivity contribution in [1.29, 1.82) is 0 Å². The number of para-hydroxylation sites is 4. The largest absolute Gasteiger partial charge is 0.272 e. The van der Waals surface area contributed by atoms with Gasteiger partial charge >= 0.3 is 0 Å². The summed E-state index contributed by atoms with van der Waals surface area (Å²) in [6.07, 6.45) is 0. The molecule has 4 aromatic carbocycles. The molecule has 6 rings (SSSR count). The van der Waals surface area contributed by atoms with Gasteiger partial charge in [0.25, 0.3) is 11.8 Å². The van der Waals surface area contributed by atoms with Crippen molar-refractivity contribution in [2.45, 2.75) is 0 Å². The van der Waals surface area contributed by atoms with E-state index < -0.39 is 0 Å². The molecule has 2 aliphatic heterocycles. The minimum Gasteiger partial charge on any atom is -0.268 e. The molecule has 2 saturated heterocycles. The Morgan fingerprint density at radius 3 is 1.11 bits per heavy atom. The van der Waals surface area contributed by atoms with E-state index in [0.29, 0.717) is 31.5 Å². The average molecular weight is 533 g/mol. The number of benzene rings is 4. The molecule has 38 heavy (non-hydrogen) atoms. The topological polar surface area (TPSA) is 65.3 Å². The number of nitrogens with zero attached hydrogens (tertiary/aromatic N) is 4. The molecule has 0 N–H and O–H groups in total. The average Bonchev–Trinajstić information content (AvgIpc) is 3.45. The Morgan fingerprint density at radius 2 is 0.763 bits per heavy atom. The van der Waals surface area contributed by atoms with Crippen molar-refractivity contribution in [1.82, 2.24) is 0 Å². The van der Waals surface area contributed by atoms with Crippen molar-refractivity contribution in [2.24, 2.45) is 9.98 Å². The van der Waals surface area contributed by atoms with Crippen LogP contribution in [0.2, 0.25) is 0 Å². The number of carbonyl (C=O) groups excluding carboxylic acids is 2. The Balaban J connectivity index is 1.47. The molecule has 0 bridgehead atoms. The molecular weight excluding hydrogens is 512 g/mol. The fraction of sp³-hybridized carbons (Fsp3) is 0. The van der Waals surface area contributed by atoms with Gasteiger partial charge in [0.2, 0.25) is 0 Å². The van der Waals surface area contributed by atoms with Gasteiger partial charge in [-0.25, -0.2) is 9.98 Å². The highest BCUT2D eigenvalue weighted by atomic mass is 32.2. The Kier molecular flexibility index (Phi) is 6.64. The number of carbonyl (C=O) groups is 2. The van der Waals surface area contributed by atoms with Gasteiger partial charge in [-0.15, -0.1) is 0 Å². The number of rotatable bonds is 4. The van der Waals surface area contributed by atoms with Crippen LogP contribution in [-0.4, -0.2) is 22.1 Å². The number of amidine groups is 2. The van der Waals surface area contributed by atoms with Crippen molar-refractivity contribution in [3.8, 4) is 0 Å². The van der Waals surface area contributed by atoms with Crippen LogP contribution in [0.3, 0.4) is 0 Å². The molecule has 2 fully saturated rings. The minimum atomic E-state index is -0.291. The fourth-order valence-electron chi connectivity index (χ4n) is 4.01. The van der Waals surface area contributed by atoms with Crippen LogP contribution in [0.15, 0.2) is 141 Å². The second kappa shape index (κ2) is 10.5. The summed E-state index contributed by atoms with van der Waals surface area (Å²) in [5.41, 5.74) is 2.81. The quantitative estimate of drug-likeness (QED) is 0.262. The first-order chi connectivity index (χ1) is 18.7. The summed E-state index contributed by atoms with van der Waals surface area (Å²) < 4.78 is 0. The maximum Gasteiger partial charge on any atom is 0.272 e. The van der Waals surface area contributed by atoms with Crippen molar-refractivity contribution < 1.29 is 9.59 Å². The van der Waals surface area contributed by atoms with Crippen LogP contribution >= 0.6 is 23.5 Å². The van der Waals surface area contributed by atoms with E-state index in [2.05, 4.69) is 0 Å². The van der Waals surface area contributed by atoms with Gasteiger partial charge in [-0.05, 0) is 72.1 Å². The molecule has 2 amide bonds. The van der Waals surface area contributed by atoms with Gasteiger partial charge in [-0.1, -0.05) is 72.8 Å². The van der Waals surface area contributed by atoms with Crippen molar-refractivity contribution in [2.75, 3.05) is 9.80 Å². The number of anilines is 2. The lowest BCUT2D eigenvalue weighted by Crippen LogP contribution is -2.30. The van der Waals surface area contributed by atoms with Gasteiger partial charge in [0.05, 0.1) is 22.7 Å². The van der Waals surface area contributed by atoms with Gasteiger partial charge in [-0.3, -0.25) is 19.4 Å². The monoisotopic (exact) mass is 532 g/mol. The fourth-order valence-corrected chi connectivity index (χ4v) is 6.20. The first-order valence-corrected chi connectivity index (χ1v) is 13.5. The highest BCUT2D eigenvalue weighted by molar-refractivity contribution is 8.22. The summed E-state index contributed by atoms with van der Waals surface area (Å²) in [6.45, 7) is 0. The molecule has 0 aliphatic carbocycles. The Bertz CT molecular complexity index is 1470. The number of aliphatic imine (C=N–C) groups is 2. The first-order valence-electron chi connectivity index (χ1n) is 11.9. The van der Waals surface area contributed by atoms with Gasteiger partial charge in [0.15, 0.2) is 10.3 Å². The second-order valence-electron chi connectivity index (χ2n) is 8.27. The molecule has 0 spiro atoms. The molecule has 4 aromatic rings. The van der Waals surface area contributed by atoms with Gasteiger partial charge in [-0.2, -0.15) is 0 Å². The van der Waals surface area contributed by atoms with E-state index in [4.69, 9.17) is 9.98 Å². The third-order valence-corrected chi connectivity index (χ3v) is 7.97. The molecular formula is C30H20N4O2S2. The third kappa shape index (κ3) is 4.67. The molecule has 0 unspecified atom stereocenters. The van der Waals surface area contributed by atoms with Crippen molar-refractivity contribution in [3.63, 3.8) is 0 Å². The summed E-state index contributed by atoms with van der Waals surface area (Å²) >= 11 is 2.41. The summed E-state index contributed by atoms with van der Waals surface area (Å²) in [6, 6.07) is 37.6. The summed E-state index contributed by atoms with van der Waals surface area (Å²) in [7, 11) is 0. The summed E-state index contributed by atoms with van der Waals surface area (Å²) in [5.74, 6) is -0.582. The van der Waals surface area contributed by atoms with Gasteiger partial charge < -0.3 is 0 Å². The SMILES string of the molecule is O=C1/C(=C2/SC(=Nc3ccccc3)N(c3ccccc3)C2=O)SC(=Nc2ccccc2)N1c1ccccc1. The zero-order valence-electron chi connectivity index (χ0n) is 20.0. The number of thioether (sulfide) groups is 2. The molecule has 6 nitrogen and oxygen atoms in total. The lowest BCUT2D eigenvalue weighted by Gasteiger charge is -2.15. The zero-order chi connectivity index (χ0) is 25.9. The van der Waals surface area contributed by atoms with E-state index in [1.54, 1.807) is 9.80 Å². The molecule has 8 heteroatoms. The molecule has 0 saturated carbocycles. The van der Waals surface area contributed by atoms with Crippen LogP contribution < -0.4 is 9.80 Å². The second-order valence-corrected chi connectivity index (χ2v) is 10.2. The number of hydrogen-bond acceptors (Lipinski definition) is 6. The number of hydrogen-bond donors (Lipinski definition) is 0. The first kappa shape index (κ1) is 24.0. The Morgan fingerprint density at radius 1 is 0.447 bits per heavy atom. The standard InChI is InChI=1S/C30H20N4O2S2/c35-27-25(37-29(31-21-13-5-1-6-14-21)33(27)23-17-9-3-10-18-23)26-28(36)34(24-19-11-4-12-20-24)30(38-26)32-22-15-7-2-8-16-22/h1-20H/b26-25-,31-29?,32-30?. The van der Waals surface area contributed by atoms with Crippen LogP contribution in [0.25, 0.3) is 0 Å². The molecule has 0 aromatic heterocycles. The summed E-state index contributed by atoms with van der Waals surface area (Å²) in [5, 5.41) is 0.978. The molecule has 184 valence electrons. The molecule has 0 atom stereocenters. The maximum atomic E-state index is 13.9. The van der Waals surface area contributed by atoms with Crippen LogP contribution in [0.5, 0.6) is 0 Å². The van der Waals surface area contributed by atoms with Crippen molar-refractivity contribution in [3.05, 3.63) is 131 Å². The minimum absolute atomic E-state index is 0.291.